The molecule has 0 bridgehead atoms. The van der Waals surface area contributed by atoms with E-state index in [1.807, 2.05) is 20.8 Å². The van der Waals surface area contributed by atoms with E-state index in [0.29, 0.717) is 25.1 Å². The van der Waals surface area contributed by atoms with Gasteiger partial charge in [-0.2, -0.15) is 5.10 Å². The molecule has 0 radical (unpaired) electrons. The van der Waals surface area contributed by atoms with E-state index in [9.17, 15) is 9.59 Å². The van der Waals surface area contributed by atoms with Gasteiger partial charge in [-0.3, -0.25) is 14.3 Å². The fraction of sp³-hybridized carbons (Fsp3) is 0.643. The second kappa shape index (κ2) is 5.26. The van der Waals surface area contributed by atoms with E-state index in [1.165, 1.54) is 0 Å². The maximum absolute atomic E-state index is 12.2. The summed E-state index contributed by atoms with van der Waals surface area (Å²) in [5.41, 5.74) is 0.627. The molecule has 0 spiro atoms. The number of aromatic nitrogens is 2. The molecule has 2 rings (SSSR count). The van der Waals surface area contributed by atoms with Gasteiger partial charge in [-0.05, 0) is 31.7 Å². The lowest BCUT2D eigenvalue weighted by Gasteiger charge is -2.11. The van der Waals surface area contributed by atoms with Crippen molar-refractivity contribution in [3.63, 3.8) is 0 Å². The number of nitrogens with one attached hydrogen (secondary N) is 1. The van der Waals surface area contributed by atoms with Crippen molar-refractivity contribution in [1.29, 1.82) is 0 Å². The number of aryl methyl sites for hydroxylation is 1. The highest BCUT2D eigenvalue weighted by molar-refractivity contribution is 5.93. The van der Waals surface area contributed by atoms with Crippen molar-refractivity contribution in [2.45, 2.75) is 46.1 Å². The van der Waals surface area contributed by atoms with Crippen molar-refractivity contribution in [2.24, 2.45) is 5.41 Å². The van der Waals surface area contributed by atoms with Gasteiger partial charge in [-0.1, -0.05) is 13.8 Å². The largest absolute Gasteiger partial charge is 0.481 e. The van der Waals surface area contributed by atoms with Crippen molar-refractivity contribution in [3.8, 4) is 0 Å². The van der Waals surface area contributed by atoms with Gasteiger partial charge in [0.2, 0.25) is 0 Å². The minimum atomic E-state index is -0.829. The third kappa shape index (κ3) is 2.69. The van der Waals surface area contributed by atoms with Crippen molar-refractivity contribution < 1.29 is 14.7 Å². The van der Waals surface area contributed by atoms with Crippen LogP contribution in [0, 0.1) is 5.41 Å². The van der Waals surface area contributed by atoms with E-state index in [4.69, 9.17) is 5.11 Å². The molecule has 0 saturated heterocycles. The minimum absolute atomic E-state index is 0.188. The average molecular weight is 279 g/mol. The van der Waals surface area contributed by atoms with Crippen LogP contribution in [0.1, 0.15) is 55.7 Å². The zero-order valence-corrected chi connectivity index (χ0v) is 12.1. The van der Waals surface area contributed by atoms with Gasteiger partial charge in [0, 0.05) is 13.1 Å². The number of carboxylic acids is 1. The predicted molar refractivity (Wildman–Crippen MR) is 73.6 cm³/mol. The Morgan fingerprint density at radius 3 is 2.60 bits per heavy atom. The molecule has 20 heavy (non-hydrogen) atoms. The molecule has 1 fully saturated rings. The Hall–Kier alpha value is -1.85. The van der Waals surface area contributed by atoms with Crippen molar-refractivity contribution in [2.75, 3.05) is 6.54 Å². The Morgan fingerprint density at radius 2 is 2.15 bits per heavy atom. The molecular weight excluding hydrogens is 258 g/mol. The first kappa shape index (κ1) is 14.6. The molecule has 0 unspecified atom stereocenters. The van der Waals surface area contributed by atoms with Crippen LogP contribution in [0.25, 0.3) is 0 Å². The van der Waals surface area contributed by atoms with Crippen LogP contribution in [0.15, 0.2) is 6.07 Å². The summed E-state index contributed by atoms with van der Waals surface area (Å²) in [6.45, 7) is 6.77. The zero-order chi connectivity index (χ0) is 14.9. The average Bonchev–Trinajstić information content (AvgIpc) is 3.07. The van der Waals surface area contributed by atoms with Crippen LogP contribution >= 0.6 is 0 Å². The molecule has 1 saturated carbocycles. The summed E-state index contributed by atoms with van der Waals surface area (Å²) in [6.07, 6.45) is 1.26. The summed E-state index contributed by atoms with van der Waals surface area (Å²) in [6, 6.07) is 1.78. The van der Waals surface area contributed by atoms with Gasteiger partial charge in [0.1, 0.15) is 5.69 Å². The molecule has 2 N–H and O–H groups in total. The molecule has 1 aromatic heterocycles. The molecular formula is C14H21N3O3. The maximum Gasteiger partial charge on any atom is 0.311 e. The summed E-state index contributed by atoms with van der Waals surface area (Å²) in [4.78, 5) is 23.3. The molecule has 0 atom stereocenters. The molecule has 1 aromatic rings. The monoisotopic (exact) mass is 279 g/mol. The number of amides is 1. The Kier molecular flexibility index (Phi) is 3.83. The highest BCUT2D eigenvalue weighted by Gasteiger charge is 2.50. The Labute approximate surface area is 118 Å². The topological polar surface area (TPSA) is 84.2 Å². The maximum atomic E-state index is 12.2. The van der Waals surface area contributed by atoms with Gasteiger partial charge in [0.15, 0.2) is 0 Å². The molecule has 110 valence electrons. The molecule has 1 aliphatic rings. The van der Waals surface area contributed by atoms with E-state index in [0.717, 1.165) is 5.69 Å². The summed E-state index contributed by atoms with van der Waals surface area (Å²) in [5.74, 6) is -0.827. The summed E-state index contributed by atoms with van der Waals surface area (Å²) in [5, 5.41) is 16.2. The van der Waals surface area contributed by atoms with Gasteiger partial charge < -0.3 is 10.4 Å². The quantitative estimate of drug-likeness (QED) is 0.828. The Morgan fingerprint density at radius 1 is 1.50 bits per heavy atom. The van der Waals surface area contributed by atoms with Crippen molar-refractivity contribution in [3.05, 3.63) is 17.5 Å². The second-order valence-electron chi connectivity index (χ2n) is 5.69. The lowest BCUT2D eigenvalue weighted by Crippen LogP contribution is -2.35. The van der Waals surface area contributed by atoms with Crippen molar-refractivity contribution in [1.82, 2.24) is 15.1 Å². The van der Waals surface area contributed by atoms with Crippen LogP contribution in [0.4, 0.5) is 0 Å². The molecule has 6 heteroatoms. The van der Waals surface area contributed by atoms with E-state index in [2.05, 4.69) is 10.4 Å². The number of aliphatic carboxylic acids is 1. The fourth-order valence-corrected chi connectivity index (χ4v) is 2.10. The first-order valence-electron chi connectivity index (χ1n) is 6.99. The summed E-state index contributed by atoms with van der Waals surface area (Å²) >= 11 is 0. The third-order valence-electron chi connectivity index (χ3n) is 3.82. The van der Waals surface area contributed by atoms with Crippen LogP contribution in [0.2, 0.25) is 0 Å². The third-order valence-corrected chi connectivity index (χ3v) is 3.82. The van der Waals surface area contributed by atoms with E-state index < -0.39 is 11.4 Å². The highest BCUT2D eigenvalue weighted by atomic mass is 16.4. The number of rotatable bonds is 6. The van der Waals surface area contributed by atoms with Crippen LogP contribution < -0.4 is 5.32 Å². The van der Waals surface area contributed by atoms with E-state index in [-0.39, 0.29) is 18.4 Å². The lowest BCUT2D eigenvalue weighted by atomic mass is 10.1. The number of carboxylic acid groups (broad SMARTS) is 1. The Balaban J connectivity index is 2.07. The predicted octanol–water partition coefficient (Wildman–Crippen LogP) is 1.62. The highest BCUT2D eigenvalue weighted by Crippen LogP contribution is 2.45. The van der Waals surface area contributed by atoms with Gasteiger partial charge in [0.25, 0.3) is 5.91 Å². The summed E-state index contributed by atoms with van der Waals surface area (Å²) < 4.78 is 1.66. The number of hydrogen-bond acceptors (Lipinski definition) is 3. The molecule has 0 aliphatic heterocycles. The lowest BCUT2D eigenvalue weighted by molar-refractivity contribution is -0.143. The second-order valence-corrected chi connectivity index (χ2v) is 5.69. The molecule has 1 aliphatic carbocycles. The van der Waals surface area contributed by atoms with Crippen LogP contribution in [0.3, 0.4) is 0 Å². The standard InChI is InChI=1S/C14H21N3O3/c1-4-17-11(7-10(16-17)9(2)3)12(18)15-8-14(5-6-14)13(19)20/h7,9H,4-6,8H2,1-3H3,(H,15,18)(H,19,20). The number of nitrogens with zero attached hydrogens (tertiary/aromatic N) is 2. The van der Waals surface area contributed by atoms with Crippen LogP contribution in [-0.4, -0.2) is 33.3 Å². The van der Waals surface area contributed by atoms with Crippen molar-refractivity contribution >= 4 is 11.9 Å². The fourth-order valence-electron chi connectivity index (χ4n) is 2.10. The zero-order valence-electron chi connectivity index (χ0n) is 12.1. The molecule has 0 aromatic carbocycles. The van der Waals surface area contributed by atoms with Crippen LogP contribution in [-0.2, 0) is 11.3 Å². The minimum Gasteiger partial charge on any atom is -0.481 e. The van der Waals surface area contributed by atoms with Gasteiger partial charge >= 0.3 is 5.97 Å². The Bertz CT molecular complexity index is 530. The van der Waals surface area contributed by atoms with Gasteiger partial charge in [0.05, 0.1) is 11.1 Å². The van der Waals surface area contributed by atoms with Gasteiger partial charge in [-0.25, -0.2) is 0 Å². The van der Waals surface area contributed by atoms with E-state index >= 15 is 0 Å². The van der Waals surface area contributed by atoms with E-state index in [1.54, 1.807) is 10.7 Å². The number of carbonyl (C=O) groups is 2. The van der Waals surface area contributed by atoms with Crippen LogP contribution in [0.5, 0.6) is 0 Å². The first-order valence-corrected chi connectivity index (χ1v) is 6.99. The molecule has 1 heterocycles. The SMILES string of the molecule is CCn1nc(C(C)C)cc1C(=O)NCC1(C(=O)O)CC1. The number of hydrogen-bond donors (Lipinski definition) is 2. The normalized spacial score (nSPS) is 16.2. The molecule has 6 nitrogen and oxygen atoms in total. The van der Waals surface area contributed by atoms with Gasteiger partial charge in [-0.15, -0.1) is 0 Å². The smallest absolute Gasteiger partial charge is 0.311 e. The summed E-state index contributed by atoms with van der Waals surface area (Å²) in [7, 11) is 0. The molecule has 1 amide bonds. The number of carbonyl (C=O) groups excluding carboxylic acids is 1. The first-order chi connectivity index (χ1) is 9.39.